The summed E-state index contributed by atoms with van der Waals surface area (Å²) in [4.78, 5) is 186. The highest BCUT2D eigenvalue weighted by Crippen LogP contribution is 2.22. The fourth-order valence-corrected chi connectivity index (χ4v) is 11.2. The number of carboxylic acid groups (broad SMARTS) is 2. The summed E-state index contributed by atoms with van der Waals surface area (Å²) in [6.07, 6.45) is 3.11. The molecule has 0 spiro atoms. The van der Waals surface area contributed by atoms with Crippen LogP contribution in [0.3, 0.4) is 0 Å². The molecule has 36 nitrogen and oxygen atoms in total. The van der Waals surface area contributed by atoms with Crippen LogP contribution in [-0.2, 0) is 174 Å². The molecule has 4 aromatic rings. The number of carbonyl (C=O) groups excluding carboxylic acids is 14. The highest BCUT2D eigenvalue weighted by Gasteiger charge is 2.30. The number of ketones is 2. The summed E-state index contributed by atoms with van der Waals surface area (Å²) in [6.45, 7) is 25.4. The highest BCUT2D eigenvalue weighted by atomic mass is 16.6. The van der Waals surface area contributed by atoms with E-state index < -0.39 is 124 Å². The van der Waals surface area contributed by atoms with Gasteiger partial charge in [0, 0.05) is 84.2 Å². The van der Waals surface area contributed by atoms with E-state index in [1.165, 1.54) is 28.4 Å². The zero-order valence-electron chi connectivity index (χ0n) is 80.8. The Bertz CT molecular complexity index is 4080. The second-order valence-electron chi connectivity index (χ2n) is 34.3. The number of carboxylic acids is 2. The van der Waals surface area contributed by atoms with Gasteiger partial charge in [0.2, 0.25) is 0 Å². The fourth-order valence-electron chi connectivity index (χ4n) is 11.2. The molecule has 750 valence electrons. The first-order valence-corrected chi connectivity index (χ1v) is 44.5. The number of nitrogens with two attached hydrogens (primary N) is 1. The van der Waals surface area contributed by atoms with Crippen LogP contribution in [-0.4, -0.2) is 221 Å². The van der Waals surface area contributed by atoms with Gasteiger partial charge in [0.1, 0.15) is 72.5 Å². The fraction of sp³-hybridized carbons (Fsp3) is 0.592. The lowest BCUT2D eigenvalue weighted by molar-refractivity contribution is -0.158. The summed E-state index contributed by atoms with van der Waals surface area (Å²) in [7, 11) is 4.94. The van der Waals surface area contributed by atoms with Crippen molar-refractivity contribution < 1.29 is 163 Å². The first-order chi connectivity index (χ1) is 63.2. The number of carbonyl (C=O) groups is 16. The van der Waals surface area contributed by atoms with Crippen molar-refractivity contribution in [3.63, 3.8) is 0 Å². The minimum atomic E-state index is -1.13. The maximum Gasteiger partial charge on any atom is 0.408 e. The molecule has 1 amide bonds. The number of esters is 11. The minimum Gasteiger partial charge on any atom is -0.481 e. The number of alkyl carbamates (subject to hydrolysis) is 1. The van der Waals surface area contributed by atoms with Crippen molar-refractivity contribution in [2.24, 2.45) is 23.5 Å². The van der Waals surface area contributed by atoms with Crippen molar-refractivity contribution in [3.05, 3.63) is 144 Å². The molecular weight excluding hydrogens is 1750 g/mol. The Labute approximate surface area is 787 Å². The van der Waals surface area contributed by atoms with Crippen LogP contribution in [0, 0.1) is 17.8 Å². The Morgan fingerprint density at radius 1 is 0.306 bits per heavy atom. The van der Waals surface area contributed by atoms with Crippen LogP contribution in [0.2, 0.25) is 0 Å². The van der Waals surface area contributed by atoms with Crippen molar-refractivity contribution >= 4 is 95.3 Å². The van der Waals surface area contributed by atoms with E-state index in [0.29, 0.717) is 111 Å². The smallest absolute Gasteiger partial charge is 0.408 e. The third kappa shape index (κ3) is 71.1. The lowest BCUT2D eigenvalue weighted by Gasteiger charge is -2.20. The first kappa shape index (κ1) is 122. The number of methoxy groups -OCH3 is 4. The number of hydrogen-bond acceptors (Lipinski definition) is 33. The molecule has 0 aliphatic rings. The first-order valence-electron chi connectivity index (χ1n) is 44.5. The van der Waals surface area contributed by atoms with Gasteiger partial charge in [-0.3, -0.25) is 67.1 Å². The van der Waals surface area contributed by atoms with Gasteiger partial charge in [-0.15, -0.1) is 0 Å². The average molecular weight is 1890 g/mol. The Morgan fingerprint density at radius 2 is 0.582 bits per heavy atom. The van der Waals surface area contributed by atoms with Crippen molar-refractivity contribution in [1.82, 2.24) is 5.32 Å². The predicted molar refractivity (Wildman–Crippen MR) is 488 cm³/mol. The van der Waals surface area contributed by atoms with Gasteiger partial charge in [-0.25, -0.2) is 9.59 Å². The molecule has 134 heavy (non-hydrogen) atoms. The summed E-state index contributed by atoms with van der Waals surface area (Å²) in [5, 5.41) is 20.3. The number of nitrogens with one attached hydrogen (secondary N) is 1. The van der Waals surface area contributed by atoms with E-state index in [0.717, 1.165) is 22.3 Å². The van der Waals surface area contributed by atoms with E-state index in [4.69, 9.17) is 77.2 Å². The number of aliphatic carboxylic acids is 2. The standard InChI is InChI=1S/C27H41NO9.C19H35NO7.C19H26O6.C18H24O6.C15H18O6/c1-27(2,3)37-24(30)13-9-17-35-19-18-34-16-8-12-22(29)14-15-23(25(31)33-4)28-26(32)36-20-21-10-6-5-7-11-21;1-19(2,3)27-17(22)8-6-12-26-14-13-25-11-5-7-15(21)9-10-16(20)18(23)24-4;1-19(2,3)25-16(20)11-10-15(18(22)23-4)12-17(21)24-13-14-8-6-5-7-9-14;1-18(2,3)24-15(19)10-9-14(17(21)22)11-16(20)23-12-13-7-5-4-6-8-13;1-20-15(19)12(7-8-13(16)17)9-14(18)21-10-11-5-3-2-4-6-11/h5-7,10-11,23H,8-9,12-20H2,1-4H3,(H,28,32);16H,5-14,20H2,1-4H3;5-9,15H,10-13H2,1-4H3;4-8,14H,9-12H2,1-3H3,(H,21,22);2-6,12H,7-10H2,1H3,(H,16,17)/t23-;16-;15-;14-;12-/m00111/s1. The monoisotopic (exact) mass is 1890 g/mol. The van der Waals surface area contributed by atoms with E-state index in [2.05, 4.69) is 14.8 Å². The van der Waals surface area contributed by atoms with Gasteiger partial charge in [-0.1, -0.05) is 121 Å². The highest BCUT2D eigenvalue weighted by molar-refractivity contribution is 5.85. The Hall–Kier alpha value is -11.6. The molecule has 4 rings (SSSR count). The van der Waals surface area contributed by atoms with Crippen molar-refractivity contribution in [2.75, 3.05) is 81.3 Å². The van der Waals surface area contributed by atoms with Crippen molar-refractivity contribution in [2.45, 2.75) is 279 Å². The third-order valence-corrected chi connectivity index (χ3v) is 17.7. The molecule has 0 heterocycles. The van der Waals surface area contributed by atoms with Gasteiger partial charge in [0.05, 0.1) is 91.9 Å². The van der Waals surface area contributed by atoms with Crippen LogP contribution in [0.1, 0.15) is 240 Å². The van der Waals surface area contributed by atoms with Gasteiger partial charge in [0.25, 0.3) is 0 Å². The number of Topliss-reactive ketones (excluding diaryl/α,β-unsaturated/α-hetero) is 2. The van der Waals surface area contributed by atoms with Gasteiger partial charge < -0.3 is 97.1 Å². The summed E-state index contributed by atoms with van der Waals surface area (Å²) in [5.74, 6) is -9.97. The lowest BCUT2D eigenvalue weighted by atomic mass is 9.99. The van der Waals surface area contributed by atoms with Crippen LogP contribution < -0.4 is 11.1 Å². The van der Waals surface area contributed by atoms with Crippen LogP contribution in [0.25, 0.3) is 0 Å². The van der Waals surface area contributed by atoms with Crippen LogP contribution in [0.4, 0.5) is 4.79 Å². The van der Waals surface area contributed by atoms with Crippen molar-refractivity contribution in [1.29, 1.82) is 0 Å². The SMILES string of the molecule is CC(C)(C)OC(=O)CC[C@H](CC(=O)OCc1ccccc1)C(=O)O.COC(=O)[C@@H](N)CCC(=O)CCCOCCOCCCC(=O)OC(C)(C)C.COC(=O)[C@H](CCC(=O)CCCOCCOCCCC(=O)OC(C)(C)C)NC(=O)OCc1ccccc1.COC(=O)[C@H](CCC(=O)O)CC(=O)OCc1ccccc1.COC(=O)[C@H](CCC(=O)OC(C)(C)C)CC(=O)OCc1ccccc1. The third-order valence-electron chi connectivity index (χ3n) is 17.7. The topological polar surface area (TPSA) is 499 Å². The van der Waals surface area contributed by atoms with Crippen LogP contribution in [0.15, 0.2) is 121 Å². The van der Waals surface area contributed by atoms with Crippen LogP contribution >= 0.6 is 0 Å². The maximum atomic E-state index is 12.2. The molecule has 0 aliphatic carbocycles. The molecule has 0 saturated heterocycles. The molecule has 0 aliphatic heterocycles. The van der Waals surface area contributed by atoms with Gasteiger partial charge >= 0.3 is 83.7 Å². The summed E-state index contributed by atoms with van der Waals surface area (Å²) in [6, 6.07) is 34.9. The number of rotatable bonds is 57. The van der Waals surface area contributed by atoms with E-state index in [-0.39, 0.29) is 127 Å². The maximum absolute atomic E-state index is 12.2. The summed E-state index contributed by atoms with van der Waals surface area (Å²) < 4.78 is 81.4. The molecule has 0 aromatic heterocycles. The van der Waals surface area contributed by atoms with Gasteiger partial charge in [0.15, 0.2) is 0 Å². The zero-order chi connectivity index (χ0) is 101. The molecule has 0 bridgehead atoms. The summed E-state index contributed by atoms with van der Waals surface area (Å²) in [5.41, 5.74) is 6.76. The Morgan fingerprint density at radius 3 is 0.881 bits per heavy atom. The van der Waals surface area contributed by atoms with E-state index in [1.807, 2.05) is 163 Å². The Balaban J connectivity index is 0.00000167. The molecule has 0 unspecified atom stereocenters. The predicted octanol–water partition coefficient (Wildman–Crippen LogP) is 13.3. The number of ether oxygens (including phenoxy) is 16. The van der Waals surface area contributed by atoms with Crippen molar-refractivity contribution in [3.8, 4) is 0 Å². The quantitative estimate of drug-likeness (QED) is 0.0181. The number of benzene rings is 4. The van der Waals surface area contributed by atoms with Gasteiger partial charge in [-0.2, -0.15) is 0 Å². The summed E-state index contributed by atoms with van der Waals surface area (Å²) >= 11 is 0. The number of hydrogen-bond donors (Lipinski definition) is 4. The van der Waals surface area contributed by atoms with Gasteiger partial charge in [-0.05, 0) is 163 Å². The molecule has 5 N–H and O–H groups in total. The number of amides is 1. The van der Waals surface area contributed by atoms with E-state index >= 15 is 0 Å². The molecule has 0 fully saturated rings. The molecule has 0 saturated carbocycles. The normalized spacial score (nSPS) is 12.1. The average Bonchev–Trinajstić information content (AvgIpc) is 0.904. The largest absolute Gasteiger partial charge is 0.481 e. The minimum absolute atomic E-state index is 0.0308. The van der Waals surface area contributed by atoms with E-state index in [9.17, 15) is 81.8 Å². The second-order valence-corrected chi connectivity index (χ2v) is 34.3. The van der Waals surface area contributed by atoms with E-state index in [1.54, 1.807) is 41.5 Å². The molecule has 4 aromatic carbocycles. The van der Waals surface area contributed by atoms with Crippen LogP contribution in [0.5, 0.6) is 0 Å². The lowest BCUT2D eigenvalue weighted by Crippen LogP contribution is -2.42. The molecule has 0 radical (unpaired) electrons. The molecule has 5 atom stereocenters. The molecular formula is C98H144N2O34. The Kier molecular flexibility index (Phi) is 64.9. The zero-order valence-corrected chi connectivity index (χ0v) is 80.8. The second kappa shape index (κ2) is 71.0. The molecule has 36 heteroatoms.